The second kappa shape index (κ2) is 8.62. The van der Waals surface area contributed by atoms with Crippen LogP contribution < -0.4 is 24.3 Å². The van der Waals surface area contributed by atoms with Crippen molar-refractivity contribution >= 4 is 22.4 Å². The maximum atomic E-state index is 12.6. The molecule has 0 fully saturated rings. The summed E-state index contributed by atoms with van der Waals surface area (Å²) in [6, 6.07) is 10.4. The van der Waals surface area contributed by atoms with Gasteiger partial charge in [0.1, 0.15) is 11.5 Å². The predicted molar refractivity (Wildman–Crippen MR) is 108 cm³/mol. The molecule has 0 spiro atoms. The SMILES string of the molecule is COc1ccc(OC)c(-c2csc(NC(=O)c3ccc(OC)c(OC)c3)n2)c1. The molecule has 0 aliphatic heterocycles. The summed E-state index contributed by atoms with van der Waals surface area (Å²) in [5.41, 5.74) is 1.90. The molecular formula is C20H20N2O5S. The largest absolute Gasteiger partial charge is 0.497 e. The van der Waals surface area contributed by atoms with Crippen LogP contribution in [0.15, 0.2) is 41.8 Å². The summed E-state index contributed by atoms with van der Waals surface area (Å²) in [6.07, 6.45) is 0. The van der Waals surface area contributed by atoms with E-state index in [1.54, 1.807) is 39.5 Å². The third-order valence-corrected chi connectivity index (χ3v) is 4.81. The van der Waals surface area contributed by atoms with Gasteiger partial charge >= 0.3 is 0 Å². The lowest BCUT2D eigenvalue weighted by atomic mass is 10.1. The Hall–Kier alpha value is -3.26. The minimum atomic E-state index is -0.292. The van der Waals surface area contributed by atoms with Gasteiger partial charge in [-0.15, -0.1) is 11.3 Å². The molecule has 1 heterocycles. The van der Waals surface area contributed by atoms with E-state index in [9.17, 15) is 4.79 Å². The quantitative estimate of drug-likeness (QED) is 0.643. The van der Waals surface area contributed by atoms with Crippen molar-refractivity contribution < 1.29 is 23.7 Å². The number of anilines is 1. The van der Waals surface area contributed by atoms with Gasteiger partial charge in [-0.1, -0.05) is 0 Å². The van der Waals surface area contributed by atoms with E-state index >= 15 is 0 Å². The van der Waals surface area contributed by atoms with Gasteiger partial charge in [0.2, 0.25) is 0 Å². The number of hydrogen-bond acceptors (Lipinski definition) is 7. The number of carbonyl (C=O) groups excluding carboxylic acids is 1. The normalized spacial score (nSPS) is 10.3. The number of hydrogen-bond donors (Lipinski definition) is 1. The van der Waals surface area contributed by atoms with E-state index < -0.39 is 0 Å². The van der Waals surface area contributed by atoms with Crippen LogP contribution in [0.2, 0.25) is 0 Å². The molecule has 0 bridgehead atoms. The fourth-order valence-electron chi connectivity index (χ4n) is 2.62. The highest BCUT2D eigenvalue weighted by Crippen LogP contribution is 2.35. The van der Waals surface area contributed by atoms with Crippen LogP contribution in [0.4, 0.5) is 5.13 Å². The summed E-state index contributed by atoms with van der Waals surface area (Å²) in [5.74, 6) is 2.11. The molecule has 0 saturated heterocycles. The Bertz CT molecular complexity index is 986. The van der Waals surface area contributed by atoms with Crippen molar-refractivity contribution in [3.05, 3.63) is 47.3 Å². The van der Waals surface area contributed by atoms with E-state index in [4.69, 9.17) is 18.9 Å². The van der Waals surface area contributed by atoms with Crippen LogP contribution >= 0.6 is 11.3 Å². The van der Waals surface area contributed by atoms with Crippen LogP contribution in [0.3, 0.4) is 0 Å². The second-order valence-corrected chi connectivity index (χ2v) is 6.49. The Morgan fingerprint density at radius 2 is 1.61 bits per heavy atom. The Balaban J connectivity index is 1.83. The van der Waals surface area contributed by atoms with Crippen LogP contribution in [-0.2, 0) is 0 Å². The summed E-state index contributed by atoms with van der Waals surface area (Å²) in [7, 11) is 6.26. The molecule has 0 aliphatic rings. The lowest BCUT2D eigenvalue weighted by Crippen LogP contribution is -2.12. The summed E-state index contributed by atoms with van der Waals surface area (Å²) in [5, 5.41) is 5.12. The van der Waals surface area contributed by atoms with E-state index in [0.717, 1.165) is 5.56 Å². The minimum Gasteiger partial charge on any atom is -0.497 e. The Morgan fingerprint density at radius 1 is 0.893 bits per heavy atom. The number of benzene rings is 2. The predicted octanol–water partition coefficient (Wildman–Crippen LogP) is 4.10. The van der Waals surface area contributed by atoms with Crippen LogP contribution in [0, 0.1) is 0 Å². The molecule has 0 radical (unpaired) electrons. The van der Waals surface area contributed by atoms with Crippen molar-refractivity contribution in [1.82, 2.24) is 4.98 Å². The molecule has 0 saturated carbocycles. The molecule has 1 amide bonds. The first-order valence-corrected chi connectivity index (χ1v) is 9.19. The lowest BCUT2D eigenvalue weighted by Gasteiger charge is -2.09. The second-order valence-electron chi connectivity index (χ2n) is 5.63. The molecule has 2 aromatic carbocycles. The number of carbonyl (C=O) groups is 1. The highest BCUT2D eigenvalue weighted by molar-refractivity contribution is 7.14. The first-order chi connectivity index (χ1) is 13.6. The third-order valence-electron chi connectivity index (χ3n) is 4.05. The van der Waals surface area contributed by atoms with Gasteiger partial charge in [0, 0.05) is 16.5 Å². The van der Waals surface area contributed by atoms with Crippen molar-refractivity contribution in [2.24, 2.45) is 0 Å². The Kier molecular flexibility index (Phi) is 6.00. The van der Waals surface area contributed by atoms with Gasteiger partial charge in [0.25, 0.3) is 5.91 Å². The smallest absolute Gasteiger partial charge is 0.257 e. The standard InChI is InChI=1S/C20H20N2O5S/c1-24-13-6-8-16(25-2)14(10-13)15-11-28-20(21-15)22-19(23)12-5-7-17(26-3)18(9-12)27-4/h5-11H,1-4H3,(H,21,22,23). The number of amides is 1. The number of nitrogens with zero attached hydrogens (tertiary/aromatic N) is 1. The maximum Gasteiger partial charge on any atom is 0.257 e. The number of rotatable bonds is 7. The van der Waals surface area contributed by atoms with Crippen LogP contribution in [0.5, 0.6) is 23.0 Å². The van der Waals surface area contributed by atoms with Gasteiger partial charge in [-0.05, 0) is 36.4 Å². The highest BCUT2D eigenvalue weighted by Gasteiger charge is 2.15. The van der Waals surface area contributed by atoms with Crippen molar-refractivity contribution in [2.45, 2.75) is 0 Å². The van der Waals surface area contributed by atoms with Crippen molar-refractivity contribution in [3.8, 4) is 34.3 Å². The molecule has 1 aromatic heterocycles. The zero-order valence-electron chi connectivity index (χ0n) is 15.9. The van der Waals surface area contributed by atoms with Gasteiger partial charge in [-0.2, -0.15) is 0 Å². The zero-order valence-corrected chi connectivity index (χ0v) is 16.8. The van der Waals surface area contributed by atoms with Crippen molar-refractivity contribution in [1.29, 1.82) is 0 Å². The highest BCUT2D eigenvalue weighted by atomic mass is 32.1. The number of ether oxygens (including phenoxy) is 4. The Morgan fingerprint density at radius 3 is 2.29 bits per heavy atom. The maximum absolute atomic E-state index is 12.6. The monoisotopic (exact) mass is 400 g/mol. The molecule has 0 atom stereocenters. The van der Waals surface area contributed by atoms with Crippen LogP contribution in [-0.4, -0.2) is 39.3 Å². The van der Waals surface area contributed by atoms with E-state index in [-0.39, 0.29) is 5.91 Å². The molecule has 0 unspecified atom stereocenters. The van der Waals surface area contributed by atoms with Gasteiger partial charge in [-0.25, -0.2) is 4.98 Å². The van der Waals surface area contributed by atoms with E-state index in [1.165, 1.54) is 18.4 Å². The summed E-state index contributed by atoms with van der Waals surface area (Å²) in [6.45, 7) is 0. The number of methoxy groups -OCH3 is 4. The summed E-state index contributed by atoms with van der Waals surface area (Å²) < 4.78 is 21.1. The van der Waals surface area contributed by atoms with E-state index in [0.29, 0.717) is 39.4 Å². The van der Waals surface area contributed by atoms with Crippen LogP contribution in [0.1, 0.15) is 10.4 Å². The third kappa shape index (κ3) is 4.01. The van der Waals surface area contributed by atoms with Gasteiger partial charge < -0.3 is 18.9 Å². The minimum absolute atomic E-state index is 0.292. The van der Waals surface area contributed by atoms with Gasteiger partial charge in [-0.3, -0.25) is 10.1 Å². The molecule has 7 nitrogen and oxygen atoms in total. The first-order valence-electron chi connectivity index (χ1n) is 8.31. The molecular weight excluding hydrogens is 380 g/mol. The molecule has 1 N–H and O–H groups in total. The lowest BCUT2D eigenvalue weighted by molar-refractivity contribution is 0.102. The summed E-state index contributed by atoms with van der Waals surface area (Å²) >= 11 is 1.32. The zero-order chi connectivity index (χ0) is 20.1. The molecule has 3 aromatic rings. The molecule has 8 heteroatoms. The van der Waals surface area contributed by atoms with E-state index in [1.807, 2.05) is 23.6 Å². The van der Waals surface area contributed by atoms with Gasteiger partial charge in [0.05, 0.1) is 34.1 Å². The van der Waals surface area contributed by atoms with Crippen molar-refractivity contribution in [2.75, 3.05) is 33.8 Å². The molecule has 28 heavy (non-hydrogen) atoms. The number of nitrogens with one attached hydrogen (secondary N) is 1. The Labute approximate surface area is 166 Å². The van der Waals surface area contributed by atoms with Crippen molar-refractivity contribution in [3.63, 3.8) is 0 Å². The number of thiazole rings is 1. The fourth-order valence-corrected chi connectivity index (χ4v) is 3.32. The molecule has 146 valence electrons. The average molecular weight is 400 g/mol. The molecule has 3 rings (SSSR count). The van der Waals surface area contributed by atoms with Gasteiger partial charge in [0.15, 0.2) is 16.6 Å². The first kappa shape index (κ1) is 19.5. The van der Waals surface area contributed by atoms with E-state index in [2.05, 4.69) is 10.3 Å². The topological polar surface area (TPSA) is 78.9 Å². The molecule has 0 aliphatic carbocycles. The number of aromatic nitrogens is 1. The van der Waals surface area contributed by atoms with Crippen LogP contribution in [0.25, 0.3) is 11.3 Å². The fraction of sp³-hybridized carbons (Fsp3) is 0.200. The summed E-state index contributed by atoms with van der Waals surface area (Å²) in [4.78, 5) is 17.1. The average Bonchev–Trinajstić information content (AvgIpc) is 3.20.